The van der Waals surface area contributed by atoms with Crippen molar-refractivity contribution in [2.24, 2.45) is 0 Å². The van der Waals surface area contributed by atoms with E-state index in [1.807, 2.05) is 30.5 Å². The number of benzene rings is 1. The van der Waals surface area contributed by atoms with Gasteiger partial charge in [-0.05, 0) is 31.4 Å². The Morgan fingerprint density at radius 2 is 2.19 bits per heavy atom. The van der Waals surface area contributed by atoms with Crippen molar-refractivity contribution in [3.63, 3.8) is 0 Å². The minimum atomic E-state index is -0.446. The average molecular weight is 303 g/mol. The maximum atomic E-state index is 11.8. The average Bonchev–Trinajstić information content (AvgIpc) is 2.50. The second-order valence-electron chi connectivity index (χ2n) is 4.20. The molecule has 21 heavy (non-hydrogen) atoms. The molecule has 0 aliphatic rings. The van der Waals surface area contributed by atoms with Gasteiger partial charge in [0.2, 0.25) is 0 Å². The lowest BCUT2D eigenvalue weighted by Crippen LogP contribution is -2.09. The van der Waals surface area contributed by atoms with Crippen LogP contribution < -0.4 is 11.1 Å². The zero-order chi connectivity index (χ0) is 15.2. The predicted octanol–water partition coefficient (Wildman–Crippen LogP) is 3.31. The Morgan fingerprint density at radius 1 is 1.43 bits per heavy atom. The monoisotopic (exact) mass is 303 g/mol. The van der Waals surface area contributed by atoms with Gasteiger partial charge in [-0.2, -0.15) is 0 Å². The SMILES string of the molecule is CCOC(=O)c1cc(Nc2ccccc2SC)ncc1N. The van der Waals surface area contributed by atoms with Crippen LogP contribution in [0, 0.1) is 0 Å². The summed E-state index contributed by atoms with van der Waals surface area (Å²) in [5.41, 5.74) is 7.32. The van der Waals surface area contributed by atoms with Gasteiger partial charge in [0.15, 0.2) is 0 Å². The Labute approximate surface area is 127 Å². The molecular weight excluding hydrogens is 286 g/mol. The number of hydrogen-bond acceptors (Lipinski definition) is 6. The fourth-order valence-corrected chi connectivity index (χ4v) is 2.36. The molecule has 6 heteroatoms. The second-order valence-corrected chi connectivity index (χ2v) is 5.05. The number of anilines is 3. The third-order valence-electron chi connectivity index (χ3n) is 2.80. The van der Waals surface area contributed by atoms with Crippen molar-refractivity contribution in [3.8, 4) is 0 Å². The molecule has 0 unspecified atom stereocenters. The molecule has 0 aliphatic carbocycles. The minimum Gasteiger partial charge on any atom is -0.462 e. The summed E-state index contributed by atoms with van der Waals surface area (Å²) in [4.78, 5) is 17.1. The number of nitrogens with two attached hydrogens (primary N) is 1. The van der Waals surface area contributed by atoms with E-state index >= 15 is 0 Å². The van der Waals surface area contributed by atoms with Crippen LogP contribution >= 0.6 is 11.8 Å². The largest absolute Gasteiger partial charge is 0.462 e. The van der Waals surface area contributed by atoms with Gasteiger partial charge in [0.25, 0.3) is 0 Å². The zero-order valence-corrected chi connectivity index (χ0v) is 12.7. The molecule has 0 spiro atoms. The van der Waals surface area contributed by atoms with E-state index in [1.54, 1.807) is 24.8 Å². The van der Waals surface area contributed by atoms with E-state index in [0.29, 0.717) is 23.7 Å². The number of ether oxygens (including phenoxy) is 1. The molecule has 0 fully saturated rings. The fourth-order valence-electron chi connectivity index (χ4n) is 1.81. The molecule has 1 heterocycles. The van der Waals surface area contributed by atoms with Gasteiger partial charge >= 0.3 is 5.97 Å². The Kier molecular flexibility index (Phi) is 5.05. The first-order valence-electron chi connectivity index (χ1n) is 6.48. The van der Waals surface area contributed by atoms with E-state index in [4.69, 9.17) is 10.5 Å². The summed E-state index contributed by atoms with van der Waals surface area (Å²) in [6.07, 6.45) is 3.46. The molecule has 0 saturated carbocycles. The van der Waals surface area contributed by atoms with E-state index in [1.165, 1.54) is 6.20 Å². The molecule has 0 amide bonds. The third kappa shape index (κ3) is 3.66. The number of thioether (sulfide) groups is 1. The maximum absolute atomic E-state index is 11.8. The molecule has 0 saturated heterocycles. The van der Waals surface area contributed by atoms with Crippen molar-refractivity contribution in [1.82, 2.24) is 4.98 Å². The molecular formula is C15H17N3O2S. The number of aromatic nitrogens is 1. The molecule has 110 valence electrons. The molecule has 3 N–H and O–H groups in total. The number of rotatable bonds is 5. The Morgan fingerprint density at radius 3 is 2.90 bits per heavy atom. The quantitative estimate of drug-likeness (QED) is 0.652. The van der Waals surface area contributed by atoms with E-state index in [0.717, 1.165) is 10.6 Å². The van der Waals surface area contributed by atoms with E-state index < -0.39 is 5.97 Å². The standard InChI is InChI=1S/C15H17N3O2S/c1-3-20-15(19)10-8-14(17-9-11(10)16)18-12-6-4-5-7-13(12)21-2/h4-9H,3,16H2,1-2H3,(H,17,18). The fraction of sp³-hybridized carbons (Fsp3) is 0.200. The maximum Gasteiger partial charge on any atom is 0.340 e. The Bertz CT molecular complexity index is 647. The van der Waals surface area contributed by atoms with Crippen molar-refractivity contribution in [1.29, 1.82) is 0 Å². The van der Waals surface area contributed by atoms with Crippen LogP contribution in [0.2, 0.25) is 0 Å². The minimum absolute atomic E-state index is 0.303. The van der Waals surface area contributed by atoms with Crippen molar-refractivity contribution in [3.05, 3.63) is 42.1 Å². The van der Waals surface area contributed by atoms with Gasteiger partial charge in [-0.3, -0.25) is 0 Å². The van der Waals surface area contributed by atoms with Gasteiger partial charge in [0.05, 0.1) is 29.7 Å². The summed E-state index contributed by atoms with van der Waals surface area (Å²) in [7, 11) is 0. The summed E-state index contributed by atoms with van der Waals surface area (Å²) in [6.45, 7) is 2.06. The number of pyridine rings is 1. The molecule has 0 aliphatic heterocycles. The molecule has 5 nitrogen and oxygen atoms in total. The summed E-state index contributed by atoms with van der Waals surface area (Å²) >= 11 is 1.63. The Balaban J connectivity index is 2.29. The van der Waals surface area contributed by atoms with Gasteiger partial charge < -0.3 is 15.8 Å². The van der Waals surface area contributed by atoms with E-state index in [2.05, 4.69) is 10.3 Å². The topological polar surface area (TPSA) is 77.2 Å². The van der Waals surface area contributed by atoms with Crippen molar-refractivity contribution >= 4 is 34.9 Å². The first-order chi connectivity index (χ1) is 10.2. The van der Waals surface area contributed by atoms with Crippen LogP contribution in [-0.2, 0) is 4.74 Å². The first kappa shape index (κ1) is 15.2. The molecule has 2 rings (SSSR count). The third-order valence-corrected chi connectivity index (χ3v) is 3.60. The van der Waals surface area contributed by atoms with Crippen LogP contribution in [-0.4, -0.2) is 23.8 Å². The van der Waals surface area contributed by atoms with Gasteiger partial charge in [0, 0.05) is 4.90 Å². The van der Waals surface area contributed by atoms with Gasteiger partial charge in [-0.15, -0.1) is 11.8 Å². The number of carbonyl (C=O) groups excluding carboxylic acids is 1. The van der Waals surface area contributed by atoms with Crippen LogP contribution in [0.5, 0.6) is 0 Å². The van der Waals surface area contributed by atoms with Crippen LogP contribution in [0.4, 0.5) is 17.2 Å². The summed E-state index contributed by atoms with van der Waals surface area (Å²) in [5, 5.41) is 3.19. The lowest BCUT2D eigenvalue weighted by atomic mass is 10.2. The highest BCUT2D eigenvalue weighted by atomic mass is 32.2. The second kappa shape index (κ2) is 6.99. The highest BCUT2D eigenvalue weighted by molar-refractivity contribution is 7.98. The lowest BCUT2D eigenvalue weighted by molar-refractivity contribution is 0.0527. The molecule has 2 aromatic rings. The highest BCUT2D eigenvalue weighted by Crippen LogP contribution is 2.28. The van der Waals surface area contributed by atoms with E-state index in [9.17, 15) is 4.79 Å². The summed E-state index contributed by atoms with van der Waals surface area (Å²) in [5.74, 6) is 0.104. The van der Waals surface area contributed by atoms with E-state index in [-0.39, 0.29) is 0 Å². The molecule has 0 radical (unpaired) electrons. The number of nitrogens with zero attached hydrogens (tertiary/aromatic N) is 1. The molecule has 1 aromatic heterocycles. The molecule has 1 aromatic carbocycles. The number of para-hydroxylation sites is 1. The van der Waals surface area contributed by atoms with Gasteiger partial charge in [0.1, 0.15) is 5.82 Å². The van der Waals surface area contributed by atoms with Crippen LogP contribution in [0.3, 0.4) is 0 Å². The van der Waals surface area contributed by atoms with Crippen molar-refractivity contribution in [2.45, 2.75) is 11.8 Å². The zero-order valence-electron chi connectivity index (χ0n) is 11.9. The number of hydrogen-bond donors (Lipinski definition) is 2. The normalized spacial score (nSPS) is 10.2. The summed E-state index contributed by atoms with van der Waals surface area (Å²) < 4.78 is 4.98. The molecule has 0 bridgehead atoms. The smallest absolute Gasteiger partial charge is 0.340 e. The van der Waals surface area contributed by atoms with Crippen LogP contribution in [0.15, 0.2) is 41.4 Å². The van der Waals surface area contributed by atoms with Crippen LogP contribution in [0.25, 0.3) is 0 Å². The number of esters is 1. The summed E-state index contributed by atoms with van der Waals surface area (Å²) in [6, 6.07) is 9.47. The molecule has 0 atom stereocenters. The van der Waals surface area contributed by atoms with Crippen LogP contribution in [0.1, 0.15) is 17.3 Å². The van der Waals surface area contributed by atoms with Crippen molar-refractivity contribution in [2.75, 3.05) is 23.9 Å². The van der Waals surface area contributed by atoms with Gasteiger partial charge in [-0.1, -0.05) is 12.1 Å². The van der Waals surface area contributed by atoms with Crippen molar-refractivity contribution < 1.29 is 9.53 Å². The lowest BCUT2D eigenvalue weighted by Gasteiger charge is -2.11. The van der Waals surface area contributed by atoms with Gasteiger partial charge in [-0.25, -0.2) is 9.78 Å². The first-order valence-corrected chi connectivity index (χ1v) is 7.71. The number of carbonyl (C=O) groups is 1. The Hall–Kier alpha value is -2.21. The number of nitrogen functional groups attached to an aromatic ring is 1. The highest BCUT2D eigenvalue weighted by Gasteiger charge is 2.13. The number of nitrogens with one attached hydrogen (secondary N) is 1. The predicted molar refractivity (Wildman–Crippen MR) is 86.1 cm³/mol.